The van der Waals surface area contributed by atoms with Crippen molar-refractivity contribution < 1.29 is 29.5 Å². The number of benzene rings is 1. The van der Waals surface area contributed by atoms with Crippen molar-refractivity contribution >= 4 is 22.5 Å². The summed E-state index contributed by atoms with van der Waals surface area (Å²) >= 11 is 7.06. The molecule has 7 nitrogen and oxygen atoms in total. The second-order valence-electron chi connectivity index (χ2n) is 17.0. The number of aliphatic hydroxyl groups is 3. The van der Waals surface area contributed by atoms with Gasteiger partial charge in [-0.2, -0.15) is 0 Å². The Morgan fingerprint density at radius 1 is 1.11 bits per heavy atom. The van der Waals surface area contributed by atoms with Crippen LogP contribution in [0, 0.1) is 23.2 Å². The Morgan fingerprint density at radius 2 is 1.87 bits per heavy atom. The van der Waals surface area contributed by atoms with Gasteiger partial charge in [0.15, 0.2) is 5.60 Å². The van der Waals surface area contributed by atoms with Crippen molar-refractivity contribution in [3.63, 3.8) is 0 Å². The van der Waals surface area contributed by atoms with Crippen molar-refractivity contribution in [1.29, 1.82) is 0 Å². The van der Waals surface area contributed by atoms with Gasteiger partial charge in [-0.25, -0.2) is 0 Å². The first-order valence-electron chi connectivity index (χ1n) is 16.9. The van der Waals surface area contributed by atoms with Crippen molar-refractivity contribution in [2.45, 2.75) is 131 Å². The second-order valence-corrected chi connectivity index (χ2v) is 17.4. The van der Waals surface area contributed by atoms with Crippen LogP contribution in [-0.4, -0.2) is 61.5 Å². The van der Waals surface area contributed by atoms with Gasteiger partial charge in [0.1, 0.15) is 29.5 Å². The highest BCUT2D eigenvalue weighted by Gasteiger charge is 2.87. The summed E-state index contributed by atoms with van der Waals surface area (Å²) in [5.74, 6) is -0.0241. The van der Waals surface area contributed by atoms with E-state index in [0.29, 0.717) is 24.3 Å². The van der Waals surface area contributed by atoms with E-state index >= 15 is 0 Å². The number of H-pyrrole nitrogens is 1. The van der Waals surface area contributed by atoms with Gasteiger partial charge in [0.2, 0.25) is 0 Å². The fourth-order valence-electron chi connectivity index (χ4n) is 12.9. The topological polar surface area (TPSA) is 107 Å². The number of halogens is 1. The standard InChI is InChI=1S/C37H44ClNO6/c1-15(2)28-27(40)31-37(45-31)23(43-28)9-10-33(6)34(7)18(8-11-35(33,37)41)29-25-24-21(39-30(25)34)14-20(38)17-12-16(3)19-13-22(32(4,5)44-29)36(19,42)26(17)24/h14,18-19,22-23,27-29,31,39-42H,1,3,8-13H2,2,4-7H3/t18-,19+,22-,23-,27+,28+,29-,31+,33-,34+,35+,36+,37-/m0/s1. The Morgan fingerprint density at radius 3 is 2.60 bits per heavy atom. The molecule has 13 atom stereocenters. The van der Waals surface area contributed by atoms with Crippen LogP contribution in [0.4, 0.5) is 0 Å². The van der Waals surface area contributed by atoms with Crippen LogP contribution in [0.5, 0.6) is 0 Å². The lowest BCUT2D eigenvalue weighted by Gasteiger charge is -2.66. The minimum atomic E-state index is -1.24. The Hall–Kier alpha value is -1.71. The average Bonchev–Trinajstić information content (AvgIpc) is 3.55. The number of rotatable bonds is 1. The number of aromatic amines is 1. The third-order valence-electron chi connectivity index (χ3n) is 15.2. The quantitative estimate of drug-likeness (QED) is 0.238. The maximum absolute atomic E-state index is 13.2. The van der Waals surface area contributed by atoms with Gasteiger partial charge in [-0.1, -0.05) is 44.2 Å². The van der Waals surface area contributed by atoms with Crippen LogP contribution in [0.25, 0.3) is 10.9 Å². The fourth-order valence-corrected chi connectivity index (χ4v) is 13.2. The summed E-state index contributed by atoms with van der Waals surface area (Å²) < 4.78 is 20.4. The first kappa shape index (κ1) is 28.3. The van der Waals surface area contributed by atoms with E-state index in [4.69, 9.17) is 25.8 Å². The van der Waals surface area contributed by atoms with E-state index in [-0.39, 0.29) is 30.0 Å². The van der Waals surface area contributed by atoms with Gasteiger partial charge in [-0.05, 0) is 82.1 Å². The lowest BCUT2D eigenvalue weighted by Crippen LogP contribution is -2.76. The van der Waals surface area contributed by atoms with Crippen molar-refractivity contribution in [3.05, 3.63) is 57.8 Å². The molecular weight excluding hydrogens is 590 g/mol. The van der Waals surface area contributed by atoms with Crippen molar-refractivity contribution in [2.75, 3.05) is 0 Å². The maximum atomic E-state index is 13.2. The van der Waals surface area contributed by atoms with Crippen LogP contribution >= 0.6 is 11.6 Å². The van der Waals surface area contributed by atoms with Gasteiger partial charge in [0.05, 0.1) is 17.8 Å². The third-order valence-corrected chi connectivity index (χ3v) is 15.5. The summed E-state index contributed by atoms with van der Waals surface area (Å²) in [5.41, 5.74) is 1.86. The zero-order valence-electron chi connectivity index (χ0n) is 26.8. The van der Waals surface area contributed by atoms with E-state index in [1.54, 1.807) is 0 Å². The molecular formula is C37H44ClNO6. The highest BCUT2D eigenvalue weighted by Crippen LogP contribution is 2.78. The molecule has 0 amide bonds. The smallest absolute Gasteiger partial charge is 0.153 e. The number of aromatic nitrogens is 1. The first-order valence-corrected chi connectivity index (χ1v) is 17.3. The van der Waals surface area contributed by atoms with E-state index < -0.39 is 51.5 Å². The third kappa shape index (κ3) is 2.64. The van der Waals surface area contributed by atoms with Gasteiger partial charge < -0.3 is 34.5 Å². The zero-order chi connectivity index (χ0) is 31.6. The number of epoxide rings is 1. The molecule has 240 valence electrons. The SMILES string of the molecule is C=C(C)[C@H]1O[C@H]2CC[C@]3(C)[C@](O)(CC[C@H]4[C@@H]5OC(C)(C)[C@@H]6C[C@@H]7C(=C)Cc8c(Cl)cc9[nH]c(c5c9c8[C@@]76O)[C@@]43C)[C@]23O[C@@H]3[C@@H]1O. The summed E-state index contributed by atoms with van der Waals surface area (Å²) in [6.07, 6.45) is 1.83. The molecule has 5 aliphatic carbocycles. The number of hydrogen-bond acceptors (Lipinski definition) is 6. The zero-order valence-corrected chi connectivity index (χ0v) is 27.6. The average molecular weight is 634 g/mol. The highest BCUT2D eigenvalue weighted by molar-refractivity contribution is 6.32. The van der Waals surface area contributed by atoms with Gasteiger partial charge in [-0.15, -0.1) is 0 Å². The molecule has 4 N–H and O–H groups in total. The summed E-state index contributed by atoms with van der Waals surface area (Å²) in [5, 5.41) is 39.1. The Balaban J connectivity index is 1.21. The summed E-state index contributed by atoms with van der Waals surface area (Å²) in [6, 6.07) is 2.02. The minimum absolute atomic E-state index is 0.0254. The predicted octanol–water partition coefficient (Wildman–Crippen LogP) is 5.66. The van der Waals surface area contributed by atoms with Gasteiger partial charge in [0, 0.05) is 55.8 Å². The molecule has 3 aliphatic heterocycles. The lowest BCUT2D eigenvalue weighted by molar-refractivity contribution is -0.281. The monoisotopic (exact) mass is 633 g/mol. The molecule has 1 aromatic heterocycles. The van der Waals surface area contributed by atoms with Crippen LogP contribution in [0.2, 0.25) is 5.02 Å². The molecule has 10 rings (SSSR count). The highest BCUT2D eigenvalue weighted by atomic mass is 35.5. The Labute approximate surface area is 269 Å². The van der Waals surface area contributed by atoms with Crippen LogP contribution in [0.1, 0.15) is 95.2 Å². The number of nitrogens with one attached hydrogen (secondary N) is 1. The maximum Gasteiger partial charge on any atom is 0.153 e. The van der Waals surface area contributed by atoms with Crippen LogP contribution in [0.3, 0.4) is 0 Å². The normalized spacial score (nSPS) is 52.5. The van der Waals surface area contributed by atoms with E-state index in [1.165, 1.54) is 0 Å². The van der Waals surface area contributed by atoms with E-state index in [2.05, 4.69) is 45.8 Å². The summed E-state index contributed by atoms with van der Waals surface area (Å²) in [7, 11) is 0. The Kier molecular flexibility index (Phi) is 4.89. The fraction of sp³-hybridized carbons (Fsp3) is 0.676. The van der Waals surface area contributed by atoms with Crippen molar-refractivity contribution in [1.82, 2.24) is 4.98 Å². The predicted molar refractivity (Wildman–Crippen MR) is 169 cm³/mol. The number of aliphatic hydroxyl groups excluding tert-OH is 1. The molecule has 1 aromatic carbocycles. The number of fused-ring (bicyclic) bond motifs is 5. The van der Waals surface area contributed by atoms with Gasteiger partial charge in [-0.3, -0.25) is 0 Å². The minimum Gasteiger partial charge on any atom is -0.387 e. The Bertz CT molecular complexity index is 1800. The van der Waals surface area contributed by atoms with E-state index in [1.807, 2.05) is 13.0 Å². The van der Waals surface area contributed by atoms with Crippen molar-refractivity contribution in [2.24, 2.45) is 23.2 Å². The van der Waals surface area contributed by atoms with Crippen LogP contribution in [-0.2, 0) is 31.6 Å². The molecule has 1 spiro atoms. The van der Waals surface area contributed by atoms with Crippen LogP contribution < -0.4 is 0 Å². The molecule has 2 saturated heterocycles. The molecule has 8 aliphatic rings. The second kappa shape index (κ2) is 7.78. The molecule has 8 heteroatoms. The van der Waals surface area contributed by atoms with Crippen molar-refractivity contribution in [3.8, 4) is 0 Å². The van der Waals surface area contributed by atoms with E-state index in [0.717, 1.165) is 63.7 Å². The van der Waals surface area contributed by atoms with Crippen LogP contribution in [0.15, 0.2) is 30.4 Å². The molecule has 0 unspecified atom stereocenters. The largest absolute Gasteiger partial charge is 0.387 e. The summed E-state index contributed by atoms with van der Waals surface area (Å²) in [4.78, 5) is 3.87. The van der Waals surface area contributed by atoms with E-state index in [9.17, 15) is 15.3 Å². The number of ether oxygens (including phenoxy) is 3. The molecule has 4 heterocycles. The molecule has 45 heavy (non-hydrogen) atoms. The van der Waals surface area contributed by atoms with Gasteiger partial charge >= 0.3 is 0 Å². The molecule has 5 fully saturated rings. The summed E-state index contributed by atoms with van der Waals surface area (Å²) in [6.45, 7) is 19.2. The van der Waals surface area contributed by atoms with Gasteiger partial charge in [0.25, 0.3) is 0 Å². The number of hydrogen-bond donors (Lipinski definition) is 4. The molecule has 0 radical (unpaired) electrons. The molecule has 0 bridgehead atoms. The molecule has 2 aromatic rings. The molecule has 3 saturated carbocycles. The lowest BCUT2D eigenvalue weighted by atomic mass is 9.40. The first-order chi connectivity index (χ1) is 21.1.